The molecule has 0 aromatic carbocycles. The van der Waals surface area contributed by atoms with Crippen LogP contribution in [0.15, 0.2) is 0 Å². The van der Waals surface area contributed by atoms with Crippen LogP contribution in [0.3, 0.4) is 0 Å². The molecule has 0 spiro atoms. The van der Waals surface area contributed by atoms with E-state index in [4.69, 9.17) is 10.8 Å². The van der Waals surface area contributed by atoms with Crippen LogP contribution in [-0.4, -0.2) is 28.4 Å². The van der Waals surface area contributed by atoms with Gasteiger partial charge in [0.1, 0.15) is 12.0 Å². The molecule has 6 nitrogen and oxygen atoms in total. The maximum absolute atomic E-state index is 10.9. The van der Waals surface area contributed by atoms with Gasteiger partial charge in [-0.05, 0) is 13.8 Å². The molecule has 0 aliphatic rings. The molecule has 0 rings (SSSR count). The van der Waals surface area contributed by atoms with E-state index in [1.807, 2.05) is 0 Å². The van der Waals surface area contributed by atoms with E-state index in [0.29, 0.717) is 0 Å². The number of aliphatic carboxylic acids is 1. The third kappa shape index (κ3) is 4.09. The van der Waals surface area contributed by atoms with E-state index in [0.717, 1.165) is 0 Å². The second kappa shape index (κ2) is 3.88. The lowest BCUT2D eigenvalue weighted by atomic mass is 10.1. The Morgan fingerprint density at radius 1 is 1.38 bits per heavy atom. The van der Waals surface area contributed by atoms with Crippen LogP contribution in [0.25, 0.3) is 0 Å². The van der Waals surface area contributed by atoms with Gasteiger partial charge in [0, 0.05) is 0 Å². The molecule has 2 amide bonds. The third-order valence-corrected chi connectivity index (χ3v) is 1.38. The van der Waals surface area contributed by atoms with Crippen molar-refractivity contribution in [3.63, 3.8) is 0 Å². The summed E-state index contributed by atoms with van der Waals surface area (Å²) in [6.45, 7) is 2.80. The van der Waals surface area contributed by atoms with Gasteiger partial charge in [0.25, 0.3) is 0 Å². The molecule has 0 saturated carbocycles. The number of primary amides is 1. The maximum atomic E-state index is 10.9. The Morgan fingerprint density at radius 3 is 2.15 bits per heavy atom. The fourth-order valence-electron chi connectivity index (χ4n) is 0.592. The second-order valence-electron chi connectivity index (χ2n) is 3.11. The van der Waals surface area contributed by atoms with Crippen molar-refractivity contribution in [3.8, 4) is 0 Å². The fraction of sp³-hybridized carbons (Fsp3) is 0.571. The van der Waals surface area contributed by atoms with Crippen LogP contribution in [0.2, 0.25) is 0 Å². The van der Waals surface area contributed by atoms with E-state index in [1.54, 1.807) is 0 Å². The van der Waals surface area contributed by atoms with E-state index in [9.17, 15) is 14.4 Å². The lowest BCUT2D eigenvalue weighted by molar-refractivity contribution is -0.142. The predicted octanol–water partition coefficient (Wildman–Crippen LogP) is -1.16. The van der Waals surface area contributed by atoms with Gasteiger partial charge in [-0.25, -0.2) is 0 Å². The minimum atomic E-state index is -1.25. The molecule has 0 saturated heterocycles. The van der Waals surface area contributed by atoms with E-state index in [2.05, 4.69) is 5.32 Å². The van der Waals surface area contributed by atoms with Crippen molar-refractivity contribution >= 4 is 17.8 Å². The Labute approximate surface area is 75.1 Å². The molecule has 0 heterocycles. The van der Waals surface area contributed by atoms with Gasteiger partial charge in [0.2, 0.25) is 11.8 Å². The summed E-state index contributed by atoms with van der Waals surface area (Å²) in [4.78, 5) is 31.7. The Hall–Kier alpha value is -1.59. The van der Waals surface area contributed by atoms with Crippen molar-refractivity contribution in [1.82, 2.24) is 5.32 Å². The molecule has 0 bridgehead atoms. The number of nitrogens with one attached hydrogen (secondary N) is 1. The highest BCUT2D eigenvalue weighted by atomic mass is 16.4. The Morgan fingerprint density at radius 2 is 1.85 bits per heavy atom. The highest BCUT2D eigenvalue weighted by Gasteiger charge is 2.27. The third-order valence-electron chi connectivity index (χ3n) is 1.38. The molecule has 4 N–H and O–H groups in total. The summed E-state index contributed by atoms with van der Waals surface area (Å²) in [6, 6.07) is 0. The molecular weight excluding hydrogens is 176 g/mol. The first-order valence-electron chi connectivity index (χ1n) is 3.58. The van der Waals surface area contributed by atoms with E-state index in [1.165, 1.54) is 13.8 Å². The normalized spacial score (nSPS) is 10.6. The van der Waals surface area contributed by atoms with Crippen LogP contribution in [0.4, 0.5) is 0 Å². The van der Waals surface area contributed by atoms with E-state index >= 15 is 0 Å². The minimum Gasteiger partial charge on any atom is -0.481 e. The van der Waals surface area contributed by atoms with Crippen molar-refractivity contribution in [1.29, 1.82) is 0 Å². The standard InChI is InChI=1S/C7H12N2O4/c1-7(2,6(8)13)9-4(10)3-5(11)12/h3H2,1-2H3,(H2,8,13)(H,9,10)(H,11,12). The summed E-state index contributed by atoms with van der Waals surface area (Å²) >= 11 is 0. The van der Waals surface area contributed by atoms with Crippen molar-refractivity contribution < 1.29 is 19.5 Å². The summed E-state index contributed by atoms with van der Waals surface area (Å²) in [5, 5.41) is 10.4. The first-order chi connectivity index (χ1) is 5.75. The topological polar surface area (TPSA) is 109 Å². The largest absolute Gasteiger partial charge is 0.481 e. The van der Waals surface area contributed by atoms with Gasteiger partial charge in [0.15, 0.2) is 0 Å². The van der Waals surface area contributed by atoms with Gasteiger partial charge in [-0.1, -0.05) is 0 Å². The molecule has 0 aromatic rings. The molecule has 6 heteroatoms. The number of carbonyl (C=O) groups is 3. The monoisotopic (exact) mass is 188 g/mol. The van der Waals surface area contributed by atoms with Crippen LogP contribution in [0.1, 0.15) is 20.3 Å². The first-order valence-corrected chi connectivity index (χ1v) is 3.58. The summed E-state index contributed by atoms with van der Waals surface area (Å²) in [5.74, 6) is -2.71. The van der Waals surface area contributed by atoms with Gasteiger partial charge >= 0.3 is 5.97 Å². The van der Waals surface area contributed by atoms with Crippen LogP contribution < -0.4 is 11.1 Å². The molecule has 0 unspecified atom stereocenters. The summed E-state index contributed by atoms with van der Waals surface area (Å²) < 4.78 is 0. The van der Waals surface area contributed by atoms with Crippen molar-refractivity contribution in [2.45, 2.75) is 25.8 Å². The number of carboxylic acids is 1. The van der Waals surface area contributed by atoms with Crippen LogP contribution >= 0.6 is 0 Å². The molecule has 74 valence electrons. The van der Waals surface area contributed by atoms with Crippen LogP contribution in [0.5, 0.6) is 0 Å². The second-order valence-corrected chi connectivity index (χ2v) is 3.11. The molecule has 0 aromatic heterocycles. The number of carbonyl (C=O) groups excluding carboxylic acids is 2. The molecule has 0 aliphatic carbocycles. The molecule has 0 atom stereocenters. The van der Waals surface area contributed by atoms with Gasteiger partial charge in [-0.15, -0.1) is 0 Å². The van der Waals surface area contributed by atoms with Crippen molar-refractivity contribution in [3.05, 3.63) is 0 Å². The zero-order valence-corrected chi connectivity index (χ0v) is 7.46. The summed E-state index contributed by atoms with van der Waals surface area (Å²) in [7, 11) is 0. The molecule has 0 fully saturated rings. The average Bonchev–Trinajstić information content (AvgIpc) is 1.82. The lowest BCUT2D eigenvalue weighted by Gasteiger charge is -2.21. The molecular formula is C7H12N2O4. The fourth-order valence-corrected chi connectivity index (χ4v) is 0.592. The lowest BCUT2D eigenvalue weighted by Crippen LogP contribution is -2.53. The van der Waals surface area contributed by atoms with Crippen molar-refractivity contribution in [2.75, 3.05) is 0 Å². The number of hydrogen-bond donors (Lipinski definition) is 3. The molecule has 0 aliphatic heterocycles. The Kier molecular flexibility index (Phi) is 3.41. The maximum Gasteiger partial charge on any atom is 0.312 e. The van der Waals surface area contributed by atoms with Gasteiger partial charge in [0.05, 0.1) is 0 Å². The first kappa shape index (κ1) is 11.4. The summed E-state index contributed by atoms with van der Waals surface area (Å²) in [5.41, 5.74) is 3.73. The van der Waals surface area contributed by atoms with Crippen molar-refractivity contribution in [2.24, 2.45) is 5.73 Å². The van der Waals surface area contributed by atoms with E-state index in [-0.39, 0.29) is 0 Å². The number of amides is 2. The summed E-state index contributed by atoms with van der Waals surface area (Å²) in [6.07, 6.45) is -0.670. The highest BCUT2D eigenvalue weighted by molar-refractivity contribution is 5.96. The highest BCUT2D eigenvalue weighted by Crippen LogP contribution is 2.00. The zero-order valence-electron chi connectivity index (χ0n) is 7.46. The Bertz CT molecular complexity index is 247. The zero-order chi connectivity index (χ0) is 10.6. The van der Waals surface area contributed by atoms with E-state index < -0.39 is 29.7 Å². The molecule has 0 radical (unpaired) electrons. The number of nitrogens with two attached hydrogens (primary N) is 1. The van der Waals surface area contributed by atoms with Crippen LogP contribution in [-0.2, 0) is 14.4 Å². The van der Waals surface area contributed by atoms with Crippen LogP contribution in [0, 0.1) is 0 Å². The number of rotatable bonds is 4. The average molecular weight is 188 g/mol. The predicted molar refractivity (Wildman–Crippen MR) is 43.7 cm³/mol. The quantitative estimate of drug-likeness (QED) is 0.483. The minimum absolute atomic E-state index is 0.670. The number of carboxylic acid groups (broad SMARTS) is 1. The smallest absolute Gasteiger partial charge is 0.312 e. The SMILES string of the molecule is CC(C)(NC(=O)CC(=O)O)C(N)=O. The van der Waals surface area contributed by atoms with Gasteiger partial charge < -0.3 is 16.2 Å². The number of hydrogen-bond acceptors (Lipinski definition) is 3. The van der Waals surface area contributed by atoms with Gasteiger partial charge in [-0.3, -0.25) is 14.4 Å². The van der Waals surface area contributed by atoms with Gasteiger partial charge in [-0.2, -0.15) is 0 Å². The molecule has 13 heavy (non-hydrogen) atoms. The Balaban J connectivity index is 4.20.